The number of nitrogens with one attached hydrogen (secondary N) is 1. The van der Waals surface area contributed by atoms with Gasteiger partial charge in [0, 0.05) is 30.6 Å². The molecular formula is C16H26N4O. The van der Waals surface area contributed by atoms with Crippen LogP contribution in [0.15, 0.2) is 6.07 Å². The van der Waals surface area contributed by atoms with Crippen molar-refractivity contribution in [1.82, 2.24) is 15.1 Å². The predicted octanol–water partition coefficient (Wildman–Crippen LogP) is 1.80. The summed E-state index contributed by atoms with van der Waals surface area (Å²) < 4.78 is 0. The molecule has 2 fully saturated rings. The molecule has 2 heterocycles. The van der Waals surface area contributed by atoms with E-state index >= 15 is 0 Å². The molecule has 0 aromatic carbocycles. The average molecular weight is 290 g/mol. The van der Waals surface area contributed by atoms with E-state index < -0.39 is 0 Å². The number of aryl methyl sites for hydroxylation is 1. The number of hydrogen-bond donors (Lipinski definition) is 2. The number of amides is 1. The van der Waals surface area contributed by atoms with Crippen LogP contribution in [-0.2, 0) is 4.79 Å². The van der Waals surface area contributed by atoms with Crippen molar-refractivity contribution in [1.29, 1.82) is 0 Å². The number of hydrogen-bond acceptors (Lipinski definition) is 3. The van der Waals surface area contributed by atoms with Crippen molar-refractivity contribution in [2.45, 2.75) is 44.9 Å². The summed E-state index contributed by atoms with van der Waals surface area (Å²) in [6.07, 6.45) is 5.47. The first kappa shape index (κ1) is 14.6. The minimum absolute atomic E-state index is 0.162. The van der Waals surface area contributed by atoms with Gasteiger partial charge in [-0.1, -0.05) is 6.42 Å². The molecule has 0 radical (unpaired) electrons. The quantitative estimate of drug-likeness (QED) is 0.891. The maximum atomic E-state index is 12.8. The van der Waals surface area contributed by atoms with Gasteiger partial charge in [-0.05, 0) is 51.1 Å². The fourth-order valence-electron chi connectivity index (χ4n) is 3.95. The highest BCUT2D eigenvalue weighted by atomic mass is 16.2. The third-order valence-corrected chi connectivity index (χ3v) is 5.16. The van der Waals surface area contributed by atoms with E-state index in [-0.39, 0.29) is 5.92 Å². The first-order valence-corrected chi connectivity index (χ1v) is 8.19. The predicted molar refractivity (Wildman–Crippen MR) is 81.8 cm³/mol. The summed E-state index contributed by atoms with van der Waals surface area (Å²) >= 11 is 0. The van der Waals surface area contributed by atoms with E-state index in [4.69, 9.17) is 5.73 Å². The lowest BCUT2D eigenvalue weighted by Gasteiger charge is -2.34. The number of nitrogens with two attached hydrogens (primary N) is 1. The number of piperidine rings is 1. The van der Waals surface area contributed by atoms with Crippen LogP contribution in [0.25, 0.3) is 0 Å². The van der Waals surface area contributed by atoms with Crippen LogP contribution in [0.2, 0.25) is 0 Å². The molecule has 1 aromatic rings. The molecule has 0 spiro atoms. The molecule has 3 N–H and O–H groups in total. The van der Waals surface area contributed by atoms with Crippen LogP contribution >= 0.6 is 0 Å². The maximum Gasteiger partial charge on any atom is 0.226 e. The maximum absolute atomic E-state index is 12.8. The zero-order chi connectivity index (χ0) is 14.8. The molecule has 2 aliphatic rings. The summed E-state index contributed by atoms with van der Waals surface area (Å²) in [5, 5.41) is 7.39. The highest BCUT2D eigenvalue weighted by Gasteiger charge is 2.36. The largest absolute Gasteiger partial charge is 0.342 e. The third kappa shape index (κ3) is 2.98. The lowest BCUT2D eigenvalue weighted by Crippen LogP contribution is -2.44. The molecule has 1 unspecified atom stereocenters. The van der Waals surface area contributed by atoms with Crippen molar-refractivity contribution < 1.29 is 4.79 Å². The summed E-state index contributed by atoms with van der Waals surface area (Å²) in [6, 6.07) is 2.11. The van der Waals surface area contributed by atoms with E-state index in [1.54, 1.807) is 0 Å². The van der Waals surface area contributed by atoms with E-state index in [1.165, 1.54) is 0 Å². The fraction of sp³-hybridized carbons (Fsp3) is 0.750. The van der Waals surface area contributed by atoms with Gasteiger partial charge in [-0.25, -0.2) is 0 Å². The van der Waals surface area contributed by atoms with Gasteiger partial charge >= 0.3 is 0 Å². The highest BCUT2D eigenvalue weighted by Crippen LogP contribution is 2.34. The summed E-state index contributed by atoms with van der Waals surface area (Å²) in [5.41, 5.74) is 8.02. The van der Waals surface area contributed by atoms with Crippen LogP contribution in [-0.4, -0.2) is 40.6 Å². The Hall–Kier alpha value is -1.36. The van der Waals surface area contributed by atoms with Crippen LogP contribution in [0.5, 0.6) is 0 Å². The van der Waals surface area contributed by atoms with Gasteiger partial charge in [-0.2, -0.15) is 5.10 Å². The van der Waals surface area contributed by atoms with E-state index in [0.717, 1.165) is 56.6 Å². The Morgan fingerprint density at radius 3 is 3.00 bits per heavy atom. The second kappa shape index (κ2) is 6.18. The summed E-state index contributed by atoms with van der Waals surface area (Å²) in [6.45, 7) is 4.38. The molecule has 3 rings (SSSR count). The molecule has 1 aliphatic heterocycles. The van der Waals surface area contributed by atoms with E-state index in [2.05, 4.69) is 21.2 Å². The molecule has 1 saturated heterocycles. The van der Waals surface area contributed by atoms with Gasteiger partial charge in [-0.3, -0.25) is 9.89 Å². The topological polar surface area (TPSA) is 75.0 Å². The lowest BCUT2D eigenvalue weighted by molar-refractivity contribution is -0.137. The first-order chi connectivity index (χ1) is 10.2. The molecule has 1 aliphatic carbocycles. The van der Waals surface area contributed by atoms with Crippen molar-refractivity contribution >= 4 is 5.91 Å². The van der Waals surface area contributed by atoms with E-state index in [0.29, 0.717) is 24.3 Å². The zero-order valence-corrected chi connectivity index (χ0v) is 12.8. The summed E-state index contributed by atoms with van der Waals surface area (Å²) in [5.74, 6) is 1.27. The highest BCUT2D eigenvalue weighted by molar-refractivity contribution is 5.79. The van der Waals surface area contributed by atoms with Crippen LogP contribution < -0.4 is 5.73 Å². The minimum atomic E-state index is 0.162. The van der Waals surface area contributed by atoms with Crippen LogP contribution in [0.4, 0.5) is 0 Å². The second-order valence-corrected chi connectivity index (χ2v) is 6.63. The molecule has 1 aromatic heterocycles. The molecule has 0 bridgehead atoms. The fourth-order valence-corrected chi connectivity index (χ4v) is 3.95. The number of likely N-dealkylation sites (tertiary alicyclic amines) is 1. The first-order valence-electron chi connectivity index (χ1n) is 8.19. The van der Waals surface area contributed by atoms with Crippen LogP contribution in [0.1, 0.15) is 49.4 Å². The Morgan fingerprint density at radius 1 is 1.43 bits per heavy atom. The van der Waals surface area contributed by atoms with Gasteiger partial charge < -0.3 is 10.6 Å². The van der Waals surface area contributed by atoms with Gasteiger partial charge in [0.15, 0.2) is 0 Å². The van der Waals surface area contributed by atoms with Crippen LogP contribution in [0, 0.1) is 18.8 Å². The Labute approximate surface area is 126 Å². The van der Waals surface area contributed by atoms with Crippen molar-refractivity contribution in [2.75, 3.05) is 19.6 Å². The standard InChI is InChI=1S/C16H26N4O/c1-11-8-15(19-18-11)13-5-3-7-20(10-13)16(21)14-6-2-4-12(14)9-17/h8,12-14H,2-7,9-10,17H2,1H3,(H,18,19)/t12-,13?,14-/m1/s1. The molecule has 116 valence electrons. The van der Waals surface area contributed by atoms with E-state index in [1.807, 2.05) is 6.92 Å². The Balaban J connectivity index is 1.66. The van der Waals surface area contributed by atoms with Gasteiger partial charge in [0.05, 0.1) is 5.69 Å². The average Bonchev–Trinajstić information content (AvgIpc) is 3.15. The third-order valence-electron chi connectivity index (χ3n) is 5.16. The summed E-state index contributed by atoms with van der Waals surface area (Å²) in [7, 11) is 0. The SMILES string of the molecule is Cc1cc(C2CCCN(C(=O)[C@@H]3CCC[C@@H]3CN)C2)n[nH]1. The Morgan fingerprint density at radius 2 is 2.29 bits per heavy atom. The number of H-pyrrole nitrogens is 1. The molecular weight excluding hydrogens is 264 g/mol. The Kier molecular flexibility index (Phi) is 4.29. The molecule has 1 amide bonds. The number of rotatable bonds is 3. The molecule has 1 saturated carbocycles. The van der Waals surface area contributed by atoms with E-state index in [9.17, 15) is 4.79 Å². The van der Waals surface area contributed by atoms with Gasteiger partial charge in [0.1, 0.15) is 0 Å². The van der Waals surface area contributed by atoms with Gasteiger partial charge in [0.25, 0.3) is 0 Å². The number of carbonyl (C=O) groups excluding carboxylic acids is 1. The normalized spacial score (nSPS) is 29.8. The Bertz CT molecular complexity index is 498. The van der Waals surface area contributed by atoms with Crippen LogP contribution in [0.3, 0.4) is 0 Å². The summed E-state index contributed by atoms with van der Waals surface area (Å²) in [4.78, 5) is 14.9. The van der Waals surface area contributed by atoms with Crippen molar-refractivity contribution in [3.63, 3.8) is 0 Å². The second-order valence-electron chi connectivity index (χ2n) is 6.63. The molecule has 5 nitrogen and oxygen atoms in total. The lowest BCUT2D eigenvalue weighted by atomic mass is 9.90. The molecule has 3 atom stereocenters. The van der Waals surface area contributed by atoms with Crippen molar-refractivity contribution in [3.05, 3.63) is 17.5 Å². The number of aromatic amines is 1. The minimum Gasteiger partial charge on any atom is -0.342 e. The zero-order valence-electron chi connectivity index (χ0n) is 12.8. The van der Waals surface area contributed by atoms with Crippen molar-refractivity contribution in [3.8, 4) is 0 Å². The number of nitrogens with zero attached hydrogens (tertiary/aromatic N) is 2. The van der Waals surface area contributed by atoms with Gasteiger partial charge in [-0.15, -0.1) is 0 Å². The smallest absolute Gasteiger partial charge is 0.226 e. The van der Waals surface area contributed by atoms with Crippen molar-refractivity contribution in [2.24, 2.45) is 17.6 Å². The monoisotopic (exact) mass is 290 g/mol. The number of aromatic nitrogens is 2. The number of carbonyl (C=O) groups is 1. The molecule has 21 heavy (non-hydrogen) atoms. The molecule has 5 heteroatoms. The van der Waals surface area contributed by atoms with Gasteiger partial charge in [0.2, 0.25) is 5.91 Å².